The molecule has 1 aliphatic rings. The number of rotatable bonds is 7. The van der Waals surface area contributed by atoms with Gasteiger partial charge in [0.2, 0.25) is 0 Å². The lowest BCUT2D eigenvalue weighted by atomic mass is 10.0. The highest BCUT2D eigenvalue weighted by molar-refractivity contribution is 7.17. The fraction of sp³-hybridized carbons (Fsp3) is 0.174. The topological polar surface area (TPSA) is 98.5 Å². The second kappa shape index (κ2) is 8.91. The molecule has 4 rings (SSSR count). The highest BCUT2D eigenvalue weighted by Gasteiger charge is 2.26. The number of halogens is 1. The third kappa shape index (κ3) is 4.62. The molecule has 0 spiro atoms. The predicted molar refractivity (Wildman–Crippen MR) is 120 cm³/mol. The van der Waals surface area contributed by atoms with E-state index in [0.717, 1.165) is 29.7 Å². The van der Waals surface area contributed by atoms with E-state index in [-0.39, 0.29) is 18.3 Å². The molecule has 1 aliphatic carbocycles. The van der Waals surface area contributed by atoms with Crippen LogP contribution in [0.15, 0.2) is 48.5 Å². The van der Waals surface area contributed by atoms with E-state index in [0.29, 0.717) is 32.5 Å². The van der Waals surface area contributed by atoms with Crippen molar-refractivity contribution >= 4 is 45.5 Å². The summed E-state index contributed by atoms with van der Waals surface area (Å²) in [5.41, 5.74) is 7.91. The van der Waals surface area contributed by atoms with E-state index < -0.39 is 5.91 Å². The van der Waals surface area contributed by atoms with Crippen molar-refractivity contribution in [1.29, 1.82) is 0 Å². The van der Waals surface area contributed by atoms with Gasteiger partial charge in [-0.3, -0.25) is 14.4 Å². The molecule has 0 unspecified atom stereocenters. The molecular formula is C23H19ClN2O4S. The van der Waals surface area contributed by atoms with Crippen molar-refractivity contribution in [2.75, 3.05) is 11.9 Å². The van der Waals surface area contributed by atoms with E-state index in [9.17, 15) is 14.4 Å². The summed E-state index contributed by atoms with van der Waals surface area (Å²) in [7, 11) is 0. The summed E-state index contributed by atoms with van der Waals surface area (Å²) in [4.78, 5) is 37.8. The van der Waals surface area contributed by atoms with Gasteiger partial charge in [0.25, 0.3) is 11.8 Å². The van der Waals surface area contributed by atoms with Gasteiger partial charge in [-0.25, -0.2) is 0 Å². The number of thiophene rings is 1. The van der Waals surface area contributed by atoms with Crippen molar-refractivity contribution in [3.05, 3.63) is 80.7 Å². The SMILES string of the molecule is NC(=O)c1c(NC(=O)COc2ccc(C(=O)c3ccc(Cl)cc3)cc2)sc2c1CCC2. The number of ketones is 1. The molecule has 0 saturated heterocycles. The number of benzene rings is 2. The smallest absolute Gasteiger partial charge is 0.262 e. The fourth-order valence-electron chi connectivity index (χ4n) is 3.54. The quantitative estimate of drug-likeness (QED) is 0.521. The highest BCUT2D eigenvalue weighted by Crippen LogP contribution is 2.38. The lowest BCUT2D eigenvalue weighted by Crippen LogP contribution is -2.22. The fourth-order valence-corrected chi connectivity index (χ4v) is 4.97. The van der Waals surface area contributed by atoms with Gasteiger partial charge in [0, 0.05) is 21.0 Å². The summed E-state index contributed by atoms with van der Waals surface area (Å²) in [5, 5.41) is 3.78. The minimum Gasteiger partial charge on any atom is -0.484 e. The van der Waals surface area contributed by atoms with Crippen LogP contribution in [0, 0.1) is 0 Å². The number of aryl methyl sites for hydroxylation is 1. The molecule has 0 aliphatic heterocycles. The molecule has 8 heteroatoms. The summed E-state index contributed by atoms with van der Waals surface area (Å²) in [5.74, 6) is -0.599. The number of nitrogens with one attached hydrogen (secondary N) is 1. The van der Waals surface area contributed by atoms with Gasteiger partial charge in [0.1, 0.15) is 10.8 Å². The number of fused-ring (bicyclic) bond motifs is 1. The van der Waals surface area contributed by atoms with Gasteiger partial charge in [-0.2, -0.15) is 0 Å². The summed E-state index contributed by atoms with van der Waals surface area (Å²) in [6.07, 6.45) is 2.70. The van der Waals surface area contributed by atoms with Crippen LogP contribution in [0.5, 0.6) is 5.75 Å². The summed E-state index contributed by atoms with van der Waals surface area (Å²) in [6, 6.07) is 13.2. The minimum atomic E-state index is -0.531. The van der Waals surface area contributed by atoms with Gasteiger partial charge in [-0.1, -0.05) is 11.6 Å². The van der Waals surface area contributed by atoms with E-state index in [1.165, 1.54) is 11.3 Å². The first-order chi connectivity index (χ1) is 14.9. The van der Waals surface area contributed by atoms with Crippen molar-refractivity contribution in [3.63, 3.8) is 0 Å². The molecular weight excluding hydrogens is 436 g/mol. The van der Waals surface area contributed by atoms with Gasteiger partial charge < -0.3 is 15.8 Å². The molecule has 3 N–H and O–H groups in total. The van der Waals surface area contributed by atoms with Gasteiger partial charge in [0.05, 0.1) is 5.56 Å². The Labute approximate surface area is 188 Å². The van der Waals surface area contributed by atoms with Crippen molar-refractivity contribution in [1.82, 2.24) is 0 Å². The molecule has 1 heterocycles. The van der Waals surface area contributed by atoms with E-state index in [2.05, 4.69) is 5.32 Å². The van der Waals surface area contributed by atoms with Gasteiger partial charge in [0.15, 0.2) is 12.4 Å². The third-order valence-corrected chi connectivity index (χ3v) is 6.47. The van der Waals surface area contributed by atoms with Gasteiger partial charge in [-0.15, -0.1) is 11.3 Å². The standard InChI is InChI=1S/C23H19ClN2O4S/c24-15-8-4-13(5-9-15)21(28)14-6-10-16(11-7-14)30-12-19(27)26-23-20(22(25)29)17-2-1-3-18(17)31-23/h4-11H,1-3,12H2,(H2,25,29)(H,26,27). The number of ether oxygens (including phenoxy) is 1. The maximum absolute atomic E-state index is 12.5. The first-order valence-corrected chi connectivity index (χ1v) is 10.9. The molecule has 0 radical (unpaired) electrons. The molecule has 0 fully saturated rings. The predicted octanol–water partition coefficient (Wildman–Crippen LogP) is 4.24. The molecule has 6 nitrogen and oxygen atoms in total. The van der Waals surface area contributed by atoms with Crippen molar-refractivity contribution in [3.8, 4) is 5.75 Å². The van der Waals surface area contributed by atoms with E-state index >= 15 is 0 Å². The van der Waals surface area contributed by atoms with Crippen LogP contribution in [0.4, 0.5) is 5.00 Å². The average Bonchev–Trinajstić information content (AvgIpc) is 3.33. The Hall–Kier alpha value is -3.16. The Balaban J connectivity index is 1.36. The molecule has 2 aromatic carbocycles. The Kier molecular flexibility index (Phi) is 6.06. The molecule has 1 aromatic heterocycles. The number of carbonyl (C=O) groups is 3. The summed E-state index contributed by atoms with van der Waals surface area (Å²) < 4.78 is 5.52. The van der Waals surface area contributed by atoms with Crippen LogP contribution in [0.25, 0.3) is 0 Å². The van der Waals surface area contributed by atoms with E-state index in [4.69, 9.17) is 22.1 Å². The number of hydrogen-bond acceptors (Lipinski definition) is 5. The Morgan fingerprint density at radius 3 is 2.29 bits per heavy atom. The Bertz CT molecular complexity index is 1150. The monoisotopic (exact) mass is 454 g/mol. The lowest BCUT2D eigenvalue weighted by molar-refractivity contribution is -0.118. The maximum atomic E-state index is 12.5. The van der Waals surface area contributed by atoms with Crippen LogP contribution in [0.2, 0.25) is 5.02 Å². The second-order valence-corrected chi connectivity index (χ2v) is 8.66. The zero-order chi connectivity index (χ0) is 22.0. The minimum absolute atomic E-state index is 0.134. The van der Waals surface area contributed by atoms with Crippen LogP contribution >= 0.6 is 22.9 Å². The average molecular weight is 455 g/mol. The van der Waals surface area contributed by atoms with Crippen LogP contribution in [-0.4, -0.2) is 24.2 Å². The molecule has 158 valence electrons. The van der Waals surface area contributed by atoms with Crippen molar-refractivity contribution in [2.45, 2.75) is 19.3 Å². The first kappa shape index (κ1) is 21.1. The zero-order valence-corrected chi connectivity index (χ0v) is 18.0. The van der Waals surface area contributed by atoms with Crippen LogP contribution < -0.4 is 15.8 Å². The zero-order valence-electron chi connectivity index (χ0n) is 16.4. The van der Waals surface area contributed by atoms with Crippen LogP contribution in [0.3, 0.4) is 0 Å². The summed E-state index contributed by atoms with van der Waals surface area (Å²) in [6.45, 7) is -0.231. The number of anilines is 1. The second-order valence-electron chi connectivity index (χ2n) is 7.12. The normalized spacial score (nSPS) is 12.3. The molecule has 0 saturated carbocycles. The molecule has 0 bridgehead atoms. The number of amides is 2. The van der Waals surface area contributed by atoms with Crippen LogP contribution in [0.1, 0.15) is 43.1 Å². The summed E-state index contributed by atoms with van der Waals surface area (Å²) >= 11 is 7.25. The van der Waals surface area contributed by atoms with Crippen molar-refractivity contribution in [2.24, 2.45) is 5.73 Å². The number of primary amides is 1. The lowest BCUT2D eigenvalue weighted by Gasteiger charge is -2.09. The third-order valence-electron chi connectivity index (χ3n) is 5.01. The Morgan fingerprint density at radius 2 is 1.65 bits per heavy atom. The van der Waals surface area contributed by atoms with Gasteiger partial charge in [-0.05, 0) is 73.4 Å². The number of nitrogens with two attached hydrogens (primary N) is 1. The van der Waals surface area contributed by atoms with Gasteiger partial charge >= 0.3 is 0 Å². The highest BCUT2D eigenvalue weighted by atomic mass is 35.5. The van der Waals surface area contributed by atoms with Crippen molar-refractivity contribution < 1.29 is 19.1 Å². The molecule has 2 amide bonds. The first-order valence-electron chi connectivity index (χ1n) is 9.69. The van der Waals surface area contributed by atoms with Crippen LogP contribution in [-0.2, 0) is 17.6 Å². The van der Waals surface area contributed by atoms with E-state index in [1.54, 1.807) is 48.5 Å². The molecule has 31 heavy (non-hydrogen) atoms. The Morgan fingerprint density at radius 1 is 1.00 bits per heavy atom. The van der Waals surface area contributed by atoms with E-state index in [1.807, 2.05) is 0 Å². The number of carbonyl (C=O) groups excluding carboxylic acids is 3. The maximum Gasteiger partial charge on any atom is 0.262 e. The number of hydrogen-bond donors (Lipinski definition) is 2. The molecule has 0 atom stereocenters. The molecule has 3 aromatic rings. The largest absolute Gasteiger partial charge is 0.484 e.